The van der Waals surface area contributed by atoms with E-state index in [4.69, 9.17) is 5.73 Å². The van der Waals surface area contributed by atoms with Crippen LogP contribution in [0, 0.1) is 0 Å². The molecule has 2 heterocycles. The van der Waals surface area contributed by atoms with Crippen molar-refractivity contribution in [3.63, 3.8) is 0 Å². The minimum Gasteiger partial charge on any atom is -0.336 e. The smallest absolute Gasteiger partial charge is 0.0950 e. The number of likely N-dealkylation sites (N-methyl/N-ethyl adjacent to an activating group) is 1. The first-order valence-electron chi connectivity index (χ1n) is 6.45. The van der Waals surface area contributed by atoms with Gasteiger partial charge in [0.15, 0.2) is 0 Å². The van der Waals surface area contributed by atoms with Crippen LogP contribution in [0.4, 0.5) is 0 Å². The Kier molecular flexibility index (Phi) is 3.54. The summed E-state index contributed by atoms with van der Waals surface area (Å²) in [7, 11) is 2.21. The molecule has 1 aromatic rings. The third kappa shape index (κ3) is 2.69. The first-order chi connectivity index (χ1) is 8.03. The van der Waals surface area contributed by atoms with Gasteiger partial charge in [-0.3, -0.25) is 0 Å². The van der Waals surface area contributed by atoms with Crippen molar-refractivity contribution in [2.45, 2.75) is 44.7 Å². The lowest BCUT2D eigenvalue weighted by atomic mass is 9.90. The molecule has 0 spiro atoms. The van der Waals surface area contributed by atoms with Gasteiger partial charge in [0.25, 0.3) is 0 Å². The lowest BCUT2D eigenvalue weighted by molar-refractivity contribution is 0.282. The Morgan fingerprint density at radius 2 is 2.29 bits per heavy atom. The minimum atomic E-state index is -0.0210. The largest absolute Gasteiger partial charge is 0.336 e. The van der Waals surface area contributed by atoms with Gasteiger partial charge in [0.1, 0.15) is 0 Å². The van der Waals surface area contributed by atoms with Gasteiger partial charge in [0.2, 0.25) is 0 Å². The summed E-state index contributed by atoms with van der Waals surface area (Å²) in [4.78, 5) is 6.93. The van der Waals surface area contributed by atoms with E-state index in [2.05, 4.69) is 41.5 Å². The molecule has 0 unspecified atom stereocenters. The molecule has 0 aromatic carbocycles. The van der Waals surface area contributed by atoms with E-state index in [9.17, 15) is 0 Å². The van der Waals surface area contributed by atoms with Crippen molar-refractivity contribution in [2.24, 2.45) is 5.73 Å². The van der Waals surface area contributed by atoms with Crippen molar-refractivity contribution in [3.05, 3.63) is 18.2 Å². The Hall–Kier alpha value is -0.870. The second-order valence-electron chi connectivity index (χ2n) is 5.82. The number of hydrogen-bond donors (Lipinski definition) is 1. The number of aromatic nitrogens is 2. The lowest BCUT2D eigenvalue weighted by Gasteiger charge is -2.20. The van der Waals surface area contributed by atoms with Crippen molar-refractivity contribution in [1.82, 2.24) is 14.5 Å². The maximum atomic E-state index is 5.78. The first kappa shape index (κ1) is 12.6. The standard InChI is InChI=1S/C13H24N4/c1-13(2,9-14)12-8-17(10-15-12)7-11-5-4-6-16(11)3/h8,10-11H,4-7,9,14H2,1-3H3/t11-/m1/s1. The van der Waals surface area contributed by atoms with Gasteiger partial charge in [-0.25, -0.2) is 4.98 Å². The van der Waals surface area contributed by atoms with Crippen LogP contribution in [0.1, 0.15) is 32.4 Å². The third-order valence-electron chi connectivity index (χ3n) is 3.93. The van der Waals surface area contributed by atoms with Gasteiger partial charge in [-0.05, 0) is 26.4 Å². The molecule has 96 valence electrons. The number of hydrogen-bond acceptors (Lipinski definition) is 3. The molecule has 1 aliphatic rings. The molecule has 0 amide bonds. The Morgan fingerprint density at radius 1 is 1.53 bits per heavy atom. The van der Waals surface area contributed by atoms with Crippen molar-refractivity contribution in [3.8, 4) is 0 Å². The van der Waals surface area contributed by atoms with Crippen molar-refractivity contribution in [1.29, 1.82) is 0 Å². The van der Waals surface area contributed by atoms with Gasteiger partial charge in [0, 0.05) is 30.7 Å². The molecule has 17 heavy (non-hydrogen) atoms. The predicted octanol–water partition coefficient (Wildman–Crippen LogP) is 1.21. The van der Waals surface area contributed by atoms with E-state index in [0.29, 0.717) is 12.6 Å². The summed E-state index contributed by atoms with van der Waals surface area (Å²) in [5.41, 5.74) is 6.85. The van der Waals surface area contributed by atoms with Crippen LogP contribution in [0.5, 0.6) is 0 Å². The van der Waals surface area contributed by atoms with Crippen LogP contribution in [-0.4, -0.2) is 40.6 Å². The van der Waals surface area contributed by atoms with Crippen LogP contribution in [0.25, 0.3) is 0 Å². The maximum Gasteiger partial charge on any atom is 0.0950 e. The fraction of sp³-hybridized carbons (Fsp3) is 0.769. The van der Waals surface area contributed by atoms with Gasteiger partial charge < -0.3 is 15.2 Å². The fourth-order valence-corrected chi connectivity index (χ4v) is 2.37. The highest BCUT2D eigenvalue weighted by atomic mass is 15.2. The van der Waals surface area contributed by atoms with E-state index < -0.39 is 0 Å². The van der Waals surface area contributed by atoms with E-state index >= 15 is 0 Å². The van der Waals surface area contributed by atoms with Crippen LogP contribution in [-0.2, 0) is 12.0 Å². The van der Waals surface area contributed by atoms with Gasteiger partial charge in [-0.1, -0.05) is 13.8 Å². The van der Waals surface area contributed by atoms with Gasteiger partial charge in [0.05, 0.1) is 12.0 Å². The molecule has 0 bridgehead atoms. The molecule has 1 saturated heterocycles. The molecule has 4 nitrogen and oxygen atoms in total. The summed E-state index contributed by atoms with van der Waals surface area (Å²) in [5, 5.41) is 0. The Balaban J connectivity index is 2.03. The average molecular weight is 236 g/mol. The SMILES string of the molecule is CN1CCC[C@@H]1Cn1cnc(C(C)(C)CN)c1. The Morgan fingerprint density at radius 3 is 2.88 bits per heavy atom. The molecule has 1 fully saturated rings. The van der Waals surface area contributed by atoms with E-state index in [1.54, 1.807) is 0 Å². The fourth-order valence-electron chi connectivity index (χ4n) is 2.37. The lowest BCUT2D eigenvalue weighted by Crippen LogP contribution is -2.29. The molecule has 1 aromatic heterocycles. The zero-order valence-electron chi connectivity index (χ0n) is 11.2. The number of nitrogens with two attached hydrogens (primary N) is 1. The average Bonchev–Trinajstić information content (AvgIpc) is 2.90. The Labute approximate surface area is 104 Å². The van der Waals surface area contributed by atoms with Crippen LogP contribution in [0.3, 0.4) is 0 Å². The summed E-state index contributed by atoms with van der Waals surface area (Å²) in [6.07, 6.45) is 6.71. The zero-order valence-corrected chi connectivity index (χ0v) is 11.2. The van der Waals surface area contributed by atoms with Gasteiger partial charge >= 0.3 is 0 Å². The van der Waals surface area contributed by atoms with Crippen LogP contribution >= 0.6 is 0 Å². The number of rotatable bonds is 4. The highest BCUT2D eigenvalue weighted by molar-refractivity contribution is 5.11. The minimum absolute atomic E-state index is 0.0210. The number of imidazole rings is 1. The van der Waals surface area contributed by atoms with Crippen molar-refractivity contribution >= 4 is 0 Å². The van der Waals surface area contributed by atoms with E-state index in [0.717, 1.165) is 12.2 Å². The molecule has 2 rings (SSSR count). The summed E-state index contributed by atoms with van der Waals surface area (Å²) in [6.45, 7) is 7.18. The molecule has 0 saturated carbocycles. The van der Waals surface area contributed by atoms with Crippen LogP contribution in [0.15, 0.2) is 12.5 Å². The molecule has 4 heteroatoms. The topological polar surface area (TPSA) is 47.1 Å². The highest BCUT2D eigenvalue weighted by Crippen LogP contribution is 2.21. The maximum absolute atomic E-state index is 5.78. The van der Waals surface area contributed by atoms with Gasteiger partial charge in [-0.15, -0.1) is 0 Å². The monoisotopic (exact) mass is 236 g/mol. The summed E-state index contributed by atoms with van der Waals surface area (Å²) < 4.78 is 2.21. The molecular formula is C13H24N4. The van der Waals surface area contributed by atoms with Crippen LogP contribution < -0.4 is 5.73 Å². The van der Waals surface area contributed by atoms with Crippen molar-refractivity contribution in [2.75, 3.05) is 20.1 Å². The molecule has 1 aliphatic heterocycles. The van der Waals surface area contributed by atoms with E-state index in [-0.39, 0.29) is 5.41 Å². The number of likely N-dealkylation sites (tertiary alicyclic amines) is 1. The molecular weight excluding hydrogens is 212 g/mol. The molecule has 2 N–H and O–H groups in total. The quantitative estimate of drug-likeness (QED) is 0.855. The van der Waals surface area contributed by atoms with E-state index in [1.807, 2.05) is 6.33 Å². The van der Waals surface area contributed by atoms with Crippen molar-refractivity contribution < 1.29 is 0 Å². The summed E-state index contributed by atoms with van der Waals surface area (Å²) in [5.74, 6) is 0. The molecule has 1 atom stereocenters. The Bertz CT molecular complexity index is 369. The normalized spacial score (nSPS) is 22.2. The number of nitrogens with zero attached hydrogens (tertiary/aromatic N) is 3. The third-order valence-corrected chi connectivity index (χ3v) is 3.93. The summed E-state index contributed by atoms with van der Waals surface area (Å²) >= 11 is 0. The first-order valence-corrected chi connectivity index (χ1v) is 6.45. The second kappa shape index (κ2) is 4.78. The molecule has 0 aliphatic carbocycles. The molecule has 0 radical (unpaired) electrons. The highest BCUT2D eigenvalue weighted by Gasteiger charge is 2.24. The second-order valence-corrected chi connectivity index (χ2v) is 5.82. The summed E-state index contributed by atoms with van der Waals surface area (Å²) in [6, 6.07) is 0.665. The zero-order chi connectivity index (χ0) is 12.5. The van der Waals surface area contributed by atoms with E-state index in [1.165, 1.54) is 19.4 Å². The van der Waals surface area contributed by atoms with Crippen LogP contribution in [0.2, 0.25) is 0 Å². The predicted molar refractivity (Wildman–Crippen MR) is 70.0 cm³/mol. The van der Waals surface area contributed by atoms with Gasteiger partial charge in [-0.2, -0.15) is 0 Å².